The highest BCUT2D eigenvalue weighted by Crippen LogP contribution is 2.10. The Balaban J connectivity index is 1.59. The van der Waals surface area contributed by atoms with Gasteiger partial charge in [0.05, 0.1) is 18.3 Å². The lowest BCUT2D eigenvalue weighted by atomic mass is 9.99. The third-order valence-corrected chi connectivity index (χ3v) is 4.13. The van der Waals surface area contributed by atoms with E-state index in [1.165, 1.54) is 0 Å². The predicted molar refractivity (Wildman–Crippen MR) is 85.9 cm³/mol. The summed E-state index contributed by atoms with van der Waals surface area (Å²) in [6.45, 7) is 3.16. The van der Waals surface area contributed by atoms with E-state index >= 15 is 0 Å². The summed E-state index contributed by atoms with van der Waals surface area (Å²) in [6, 6.07) is 10.5. The number of nitrogens with zero attached hydrogens (tertiary/aromatic N) is 2. The number of piperidine rings is 1. The minimum absolute atomic E-state index is 0.0631. The molecular formula is C17H22N4O. The van der Waals surface area contributed by atoms with Gasteiger partial charge in [0.2, 0.25) is 5.91 Å². The molecule has 0 bridgehead atoms. The van der Waals surface area contributed by atoms with Gasteiger partial charge in [-0.3, -0.25) is 4.79 Å². The Hall–Kier alpha value is -2.14. The van der Waals surface area contributed by atoms with Crippen LogP contribution in [0.2, 0.25) is 0 Å². The van der Waals surface area contributed by atoms with Gasteiger partial charge in [0.15, 0.2) is 0 Å². The SMILES string of the molecule is CC1NCCCC1NC(=O)Cc1cnn(-c2ccccc2)c1. The molecule has 0 saturated carbocycles. The Labute approximate surface area is 130 Å². The Morgan fingerprint density at radius 1 is 1.41 bits per heavy atom. The average molecular weight is 298 g/mol. The van der Waals surface area contributed by atoms with Gasteiger partial charge in [0, 0.05) is 18.3 Å². The quantitative estimate of drug-likeness (QED) is 0.903. The van der Waals surface area contributed by atoms with Crippen LogP contribution in [0.5, 0.6) is 0 Å². The molecule has 0 aliphatic carbocycles. The standard InChI is InChI=1S/C17H22N4O/c1-13-16(8-5-9-18-13)20-17(22)10-14-11-19-21(12-14)15-6-3-2-4-7-15/h2-4,6-7,11-13,16,18H,5,8-10H2,1H3,(H,20,22). The second kappa shape index (κ2) is 6.75. The number of carbonyl (C=O) groups excluding carboxylic acids is 1. The van der Waals surface area contributed by atoms with Gasteiger partial charge in [-0.1, -0.05) is 18.2 Å². The molecule has 2 atom stereocenters. The van der Waals surface area contributed by atoms with E-state index in [-0.39, 0.29) is 11.9 Å². The first-order chi connectivity index (χ1) is 10.7. The van der Waals surface area contributed by atoms with Crippen LogP contribution in [0.25, 0.3) is 5.69 Å². The minimum Gasteiger partial charge on any atom is -0.352 e. The molecule has 116 valence electrons. The molecule has 1 aromatic heterocycles. The molecule has 1 fully saturated rings. The second-order valence-corrected chi connectivity index (χ2v) is 5.86. The molecule has 0 spiro atoms. The Kier molecular flexibility index (Phi) is 4.53. The third-order valence-electron chi connectivity index (χ3n) is 4.13. The molecule has 3 rings (SSSR count). The maximum atomic E-state index is 12.2. The van der Waals surface area contributed by atoms with Crippen molar-refractivity contribution in [3.05, 3.63) is 48.3 Å². The van der Waals surface area contributed by atoms with Gasteiger partial charge in [0.25, 0.3) is 0 Å². The molecule has 2 N–H and O–H groups in total. The highest BCUT2D eigenvalue weighted by atomic mass is 16.1. The zero-order valence-electron chi connectivity index (χ0n) is 12.8. The van der Waals surface area contributed by atoms with Gasteiger partial charge in [-0.05, 0) is 44.0 Å². The lowest BCUT2D eigenvalue weighted by Crippen LogP contribution is -2.52. The van der Waals surface area contributed by atoms with Crippen molar-refractivity contribution in [2.45, 2.75) is 38.3 Å². The summed E-state index contributed by atoms with van der Waals surface area (Å²) in [7, 11) is 0. The smallest absolute Gasteiger partial charge is 0.224 e. The Bertz CT molecular complexity index is 623. The van der Waals surface area contributed by atoms with Crippen molar-refractivity contribution in [1.29, 1.82) is 0 Å². The number of benzene rings is 1. The molecule has 5 heteroatoms. The molecule has 22 heavy (non-hydrogen) atoms. The predicted octanol–water partition coefficient (Wildman–Crippen LogP) is 1.67. The first-order valence-electron chi connectivity index (χ1n) is 7.84. The summed E-state index contributed by atoms with van der Waals surface area (Å²) in [6.07, 6.45) is 6.20. The highest BCUT2D eigenvalue weighted by Gasteiger charge is 2.22. The third kappa shape index (κ3) is 3.54. The van der Waals surface area contributed by atoms with Crippen molar-refractivity contribution < 1.29 is 4.79 Å². The fraction of sp³-hybridized carbons (Fsp3) is 0.412. The van der Waals surface area contributed by atoms with Gasteiger partial charge in [-0.25, -0.2) is 4.68 Å². The Morgan fingerprint density at radius 3 is 3.00 bits per heavy atom. The van der Waals surface area contributed by atoms with E-state index in [0.29, 0.717) is 12.5 Å². The fourth-order valence-corrected chi connectivity index (χ4v) is 2.86. The molecule has 1 aliphatic heterocycles. The monoisotopic (exact) mass is 298 g/mol. The summed E-state index contributed by atoms with van der Waals surface area (Å²) in [4.78, 5) is 12.2. The van der Waals surface area contributed by atoms with Gasteiger partial charge in [-0.15, -0.1) is 0 Å². The number of amides is 1. The van der Waals surface area contributed by atoms with Crippen LogP contribution >= 0.6 is 0 Å². The normalized spacial score (nSPS) is 21.5. The number of aromatic nitrogens is 2. The van der Waals surface area contributed by atoms with Crippen molar-refractivity contribution in [1.82, 2.24) is 20.4 Å². The number of carbonyl (C=O) groups is 1. The molecule has 1 aliphatic rings. The molecule has 1 saturated heterocycles. The lowest BCUT2D eigenvalue weighted by Gasteiger charge is -2.30. The summed E-state index contributed by atoms with van der Waals surface area (Å²) in [5.74, 6) is 0.0631. The van der Waals surface area contributed by atoms with Crippen molar-refractivity contribution in [3.63, 3.8) is 0 Å². The average Bonchev–Trinajstić information content (AvgIpc) is 2.99. The number of nitrogens with one attached hydrogen (secondary N) is 2. The van der Waals surface area contributed by atoms with Gasteiger partial charge in [-0.2, -0.15) is 5.10 Å². The molecular weight excluding hydrogens is 276 g/mol. The van der Waals surface area contributed by atoms with Gasteiger partial charge in [0.1, 0.15) is 0 Å². The van der Waals surface area contributed by atoms with E-state index in [1.54, 1.807) is 10.9 Å². The number of rotatable bonds is 4. The van der Waals surface area contributed by atoms with E-state index in [2.05, 4.69) is 22.7 Å². The fourth-order valence-electron chi connectivity index (χ4n) is 2.86. The van der Waals surface area contributed by atoms with Crippen LogP contribution in [-0.2, 0) is 11.2 Å². The minimum atomic E-state index is 0.0631. The van der Waals surface area contributed by atoms with Gasteiger partial charge < -0.3 is 10.6 Å². The number of para-hydroxylation sites is 1. The van der Waals surface area contributed by atoms with Crippen LogP contribution in [0.3, 0.4) is 0 Å². The number of hydrogen-bond donors (Lipinski definition) is 2. The van der Waals surface area contributed by atoms with E-state index in [1.807, 2.05) is 36.5 Å². The first-order valence-corrected chi connectivity index (χ1v) is 7.84. The maximum Gasteiger partial charge on any atom is 0.224 e. The molecule has 2 aromatic rings. The summed E-state index contributed by atoms with van der Waals surface area (Å²) in [5, 5.41) is 10.8. The molecule has 2 unspecified atom stereocenters. The van der Waals surface area contributed by atoms with Crippen LogP contribution < -0.4 is 10.6 Å². The van der Waals surface area contributed by atoms with Crippen LogP contribution in [0.4, 0.5) is 0 Å². The number of hydrogen-bond acceptors (Lipinski definition) is 3. The van der Waals surface area contributed by atoms with E-state index in [9.17, 15) is 4.79 Å². The Morgan fingerprint density at radius 2 is 2.23 bits per heavy atom. The van der Waals surface area contributed by atoms with Gasteiger partial charge >= 0.3 is 0 Å². The summed E-state index contributed by atoms with van der Waals surface area (Å²) in [5.41, 5.74) is 1.93. The zero-order valence-corrected chi connectivity index (χ0v) is 12.8. The second-order valence-electron chi connectivity index (χ2n) is 5.86. The van der Waals surface area contributed by atoms with Crippen molar-refractivity contribution in [2.75, 3.05) is 6.54 Å². The summed E-state index contributed by atoms with van der Waals surface area (Å²) >= 11 is 0. The van der Waals surface area contributed by atoms with E-state index in [4.69, 9.17) is 0 Å². The first kappa shape index (κ1) is 14.8. The van der Waals surface area contributed by atoms with E-state index < -0.39 is 0 Å². The van der Waals surface area contributed by atoms with E-state index in [0.717, 1.165) is 30.6 Å². The van der Waals surface area contributed by atoms with Crippen LogP contribution in [-0.4, -0.2) is 34.3 Å². The van der Waals surface area contributed by atoms with Crippen molar-refractivity contribution in [3.8, 4) is 5.69 Å². The zero-order chi connectivity index (χ0) is 15.4. The van der Waals surface area contributed by atoms with Crippen LogP contribution in [0, 0.1) is 0 Å². The van der Waals surface area contributed by atoms with Crippen LogP contribution in [0.15, 0.2) is 42.7 Å². The van der Waals surface area contributed by atoms with Crippen molar-refractivity contribution >= 4 is 5.91 Å². The maximum absolute atomic E-state index is 12.2. The molecule has 0 radical (unpaired) electrons. The highest BCUT2D eigenvalue weighted by molar-refractivity contribution is 5.78. The lowest BCUT2D eigenvalue weighted by molar-refractivity contribution is -0.121. The summed E-state index contributed by atoms with van der Waals surface area (Å²) < 4.78 is 1.80. The largest absolute Gasteiger partial charge is 0.352 e. The molecule has 2 heterocycles. The molecule has 1 amide bonds. The van der Waals surface area contributed by atoms with Crippen molar-refractivity contribution in [2.24, 2.45) is 0 Å². The topological polar surface area (TPSA) is 58.9 Å². The molecule has 1 aromatic carbocycles. The van der Waals surface area contributed by atoms with Crippen LogP contribution in [0.1, 0.15) is 25.3 Å². The molecule has 5 nitrogen and oxygen atoms in total.